The lowest BCUT2D eigenvalue weighted by atomic mass is 9.99. The molecule has 6 heterocycles. The van der Waals surface area contributed by atoms with Crippen LogP contribution >= 0.6 is 0 Å². The Morgan fingerprint density at radius 1 is 0.849 bits per heavy atom. The van der Waals surface area contributed by atoms with Crippen LogP contribution in [0.25, 0.3) is 0 Å². The maximum Gasteiger partial charge on any atom is 0.328 e. The lowest BCUT2D eigenvalue weighted by Crippen LogP contribution is -2.63. The molecule has 0 radical (unpaired) electrons. The van der Waals surface area contributed by atoms with Gasteiger partial charge in [0, 0.05) is 107 Å². The van der Waals surface area contributed by atoms with Crippen LogP contribution in [0.15, 0.2) is 144 Å². The molecule has 3 fully saturated rings. The second kappa shape index (κ2) is 50.6. The zero-order valence-electron chi connectivity index (χ0n) is 60.0. The number of nitrogens with one attached hydrogen (secondary N) is 4. The van der Waals surface area contributed by atoms with Crippen LogP contribution < -0.4 is 31.1 Å². The fourth-order valence-corrected chi connectivity index (χ4v) is 9.46. The molecule has 3 saturated heterocycles. The van der Waals surface area contributed by atoms with Gasteiger partial charge in [-0.15, -0.1) is 13.2 Å². The molecule has 0 unspecified atom stereocenters. The number of unbranched alkanes of at least 4 members (excludes halogenated alkanes) is 1. The number of amides is 4. The number of rotatable bonds is 17. The minimum atomic E-state index is -0.347. The van der Waals surface area contributed by atoms with Gasteiger partial charge in [-0.05, 0) is 184 Å². The van der Waals surface area contributed by atoms with Crippen LogP contribution in [-0.4, -0.2) is 142 Å². The Morgan fingerprint density at radius 2 is 1.48 bits per heavy atom. The summed E-state index contributed by atoms with van der Waals surface area (Å²) in [7, 11) is 3.75. The van der Waals surface area contributed by atoms with E-state index >= 15 is 0 Å². The lowest BCUT2D eigenvalue weighted by molar-refractivity contribution is -0.123. The summed E-state index contributed by atoms with van der Waals surface area (Å²) in [6, 6.07) is 13.7. The molecule has 5 aliphatic rings. The molecule has 2 aromatic carbocycles. The summed E-state index contributed by atoms with van der Waals surface area (Å²) in [4.78, 5) is 57.9. The molecule has 18 heteroatoms. The Morgan fingerprint density at radius 3 is 2.00 bits per heavy atom. The minimum Gasteiger partial charge on any atom is -0.498 e. The highest BCUT2D eigenvalue weighted by Crippen LogP contribution is 2.32. The van der Waals surface area contributed by atoms with Crippen LogP contribution in [0.5, 0.6) is 0 Å². The average molecular weight is 1290 g/mol. The van der Waals surface area contributed by atoms with E-state index < -0.39 is 0 Å². The molecule has 5 N–H and O–H groups in total. The van der Waals surface area contributed by atoms with Crippen LogP contribution in [0.2, 0.25) is 0 Å². The topological polar surface area (TPSA) is 184 Å². The Balaban J connectivity index is 0.00000126. The molecule has 0 aliphatic carbocycles. The van der Waals surface area contributed by atoms with Crippen LogP contribution in [0.4, 0.5) is 32.1 Å². The number of hydrogen-bond acceptors (Lipinski definition) is 13. The number of piperazine rings is 1. The van der Waals surface area contributed by atoms with E-state index in [0.717, 1.165) is 142 Å². The third-order valence-corrected chi connectivity index (χ3v) is 14.3. The number of pyridine rings is 1. The number of nitrogens with zero attached hydrogens (tertiary/aromatic N) is 6. The molecule has 8 rings (SSSR count). The number of halogens is 1. The number of urea groups is 1. The first kappa shape index (κ1) is 85.0. The van der Waals surface area contributed by atoms with Gasteiger partial charge in [-0.1, -0.05) is 103 Å². The monoisotopic (exact) mass is 1290 g/mol. The van der Waals surface area contributed by atoms with Crippen molar-refractivity contribution in [3.8, 4) is 0 Å². The Bertz CT molecular complexity index is 2850. The van der Waals surface area contributed by atoms with Crippen LogP contribution in [-0.2, 0) is 43.2 Å². The van der Waals surface area contributed by atoms with Crippen LogP contribution in [0, 0.1) is 12.7 Å². The van der Waals surface area contributed by atoms with Crippen molar-refractivity contribution < 1.29 is 38.1 Å². The highest BCUT2D eigenvalue weighted by molar-refractivity contribution is 6.06. The van der Waals surface area contributed by atoms with Crippen molar-refractivity contribution in [1.82, 2.24) is 35.6 Å². The van der Waals surface area contributed by atoms with Gasteiger partial charge >= 0.3 is 6.03 Å². The molecule has 93 heavy (non-hydrogen) atoms. The Kier molecular flexibility index (Phi) is 46.2. The van der Waals surface area contributed by atoms with Crippen LogP contribution in [0.1, 0.15) is 158 Å². The largest absolute Gasteiger partial charge is 0.498 e. The third-order valence-electron chi connectivity index (χ3n) is 14.3. The molecule has 3 aromatic rings. The van der Waals surface area contributed by atoms with Crippen molar-refractivity contribution in [2.24, 2.45) is 0 Å². The molecule has 518 valence electrons. The molecular formula is C75H119FN10O7. The number of hydrogen-bond donors (Lipinski definition) is 5. The number of carbonyl (C=O) groups is 4. The summed E-state index contributed by atoms with van der Waals surface area (Å²) in [6.07, 6.45) is 22.7. The summed E-state index contributed by atoms with van der Waals surface area (Å²) >= 11 is 0. The number of carboxylic acid groups (broad SMARTS) is 1. The molecule has 1 aromatic heterocycles. The molecule has 17 nitrogen and oxygen atoms in total. The fourth-order valence-electron chi connectivity index (χ4n) is 9.46. The van der Waals surface area contributed by atoms with Gasteiger partial charge < -0.3 is 45.2 Å². The second-order valence-electron chi connectivity index (χ2n) is 22.9. The Labute approximate surface area is 560 Å². The number of allylic oxidation sites excluding steroid dienone is 11. The zero-order valence-corrected chi connectivity index (χ0v) is 60.0. The smallest absolute Gasteiger partial charge is 0.328 e. The van der Waals surface area contributed by atoms with Crippen molar-refractivity contribution in [2.75, 3.05) is 101 Å². The normalized spacial score (nSPS) is 15.0. The number of aryl methyl sites for hydroxylation is 2. The second-order valence-corrected chi connectivity index (χ2v) is 22.9. The molecule has 4 amide bonds. The first-order valence-corrected chi connectivity index (χ1v) is 33.1. The average Bonchev–Trinajstić information content (AvgIpc) is 0.815. The summed E-state index contributed by atoms with van der Waals surface area (Å²) in [5.41, 5.74) is 12.9. The number of anilines is 4. The molecule has 0 saturated carbocycles. The predicted octanol–water partition coefficient (Wildman–Crippen LogP) is 15.4. The quantitative estimate of drug-likeness (QED) is 0.0372. The van der Waals surface area contributed by atoms with E-state index in [1.807, 2.05) is 97.9 Å². The van der Waals surface area contributed by atoms with Gasteiger partial charge in [0.15, 0.2) is 0 Å². The molecule has 0 bridgehead atoms. The van der Waals surface area contributed by atoms with Gasteiger partial charge in [-0.2, -0.15) is 0 Å². The maximum atomic E-state index is 14.2. The van der Waals surface area contributed by atoms with E-state index in [1.165, 1.54) is 47.2 Å². The number of ether oxygens (including phenoxy) is 2. The highest BCUT2D eigenvalue weighted by atomic mass is 19.1. The number of imide groups is 1. The van der Waals surface area contributed by atoms with Gasteiger partial charge in [0.05, 0.1) is 18.1 Å². The van der Waals surface area contributed by atoms with E-state index in [2.05, 4.69) is 153 Å². The van der Waals surface area contributed by atoms with Crippen molar-refractivity contribution in [3.63, 3.8) is 0 Å². The predicted molar refractivity (Wildman–Crippen MR) is 389 cm³/mol. The van der Waals surface area contributed by atoms with Crippen molar-refractivity contribution in [3.05, 3.63) is 173 Å². The number of benzene rings is 2. The Hall–Kier alpha value is -7.96. The number of fused-ring (bicyclic) bond motifs is 1. The van der Waals surface area contributed by atoms with E-state index in [4.69, 9.17) is 19.4 Å². The maximum absolute atomic E-state index is 14.2. The SMILES string of the molecule is C=C(C)/C=C/CCC.C=CC.C=CC.CC/C=C/C(=C(/C)C1=C(C)OCCN1)N1CCc2cnc(Nc3ccc(CC)c(F)c3)cc2C1.CCC.CCCOC(C)=C(C)C.CNC.Cc1cc(N2CC(N3CCN(C=O)CC3)C2)ccc1N1CCC(=O)NC1=O.O=CO. The van der Waals surface area contributed by atoms with Crippen molar-refractivity contribution in [2.45, 2.75) is 168 Å². The first-order chi connectivity index (χ1) is 44.6. The van der Waals surface area contributed by atoms with E-state index in [-0.39, 0.29) is 24.2 Å². The van der Waals surface area contributed by atoms with Gasteiger partial charge in [0.1, 0.15) is 24.0 Å². The van der Waals surface area contributed by atoms with Gasteiger partial charge in [-0.3, -0.25) is 29.5 Å². The third kappa shape index (κ3) is 32.9. The van der Waals surface area contributed by atoms with Crippen molar-refractivity contribution in [1.29, 1.82) is 0 Å². The van der Waals surface area contributed by atoms with Gasteiger partial charge in [-0.25, -0.2) is 14.2 Å². The summed E-state index contributed by atoms with van der Waals surface area (Å²) in [5, 5.41) is 18.8. The first-order valence-electron chi connectivity index (χ1n) is 33.1. The van der Waals surface area contributed by atoms with Gasteiger partial charge in [0.25, 0.3) is 6.47 Å². The van der Waals surface area contributed by atoms with Crippen molar-refractivity contribution >= 4 is 47.7 Å². The van der Waals surface area contributed by atoms with Gasteiger partial charge in [0.2, 0.25) is 12.3 Å². The fraction of sp³-hybridized carbons (Fsp3) is 0.507. The molecular weight excluding hydrogens is 1170 g/mol. The standard InChI is InChI=1S/C28H35FN4O.C19H25N5O3.C8H16O.C8H14.C3H8.2C3H6.C2H7N.CH2O2/c1-5-7-8-26(19(3)28-20(4)34-14-12-30-28)33-13-11-22-17-31-27(15-23(22)18-33)32-24-10-9-21(6-2)25(29)16-24;1-14-10-15(2-3-17(14)24-5-4-18(26)20-19(24)27)23-11-16(12-23)22-8-6-21(13-25)7-9-22;1-5-6-9-8(4)7(2)3;1-4-5-6-7-8(2)3;4*1-3-2;2-1-3/h7-10,15-17,30H,5-6,11-14,18H2,1-4H3,(H,31,32);2-3,10,13,16H,4-9,11-12H2,1H3,(H,20,26,27);5-6H2,1-4H3;6-7H,2,4-5H2,1,3H3;3H2,1-2H3;2*3H,1H2,2H3;3H,1-2H3;1H,(H,2,3)/b8-7+,26-19+;;;7-6+;;;;;. The van der Waals surface area contributed by atoms with E-state index in [0.29, 0.717) is 37.7 Å². The number of aromatic nitrogens is 1. The van der Waals surface area contributed by atoms with E-state index in [9.17, 15) is 18.8 Å². The van der Waals surface area contributed by atoms with Crippen LogP contribution in [0.3, 0.4) is 0 Å². The zero-order chi connectivity index (χ0) is 70.3. The molecule has 0 atom stereocenters. The summed E-state index contributed by atoms with van der Waals surface area (Å²) < 4.78 is 25.4. The minimum absolute atomic E-state index is 0.186. The van der Waals surface area contributed by atoms with E-state index in [1.54, 1.807) is 23.1 Å². The molecule has 5 aliphatic heterocycles. The number of carbonyl (C=O) groups excluding carboxylic acids is 3. The summed E-state index contributed by atoms with van der Waals surface area (Å²) in [5.74, 6) is 2.34. The molecule has 0 spiro atoms. The summed E-state index contributed by atoms with van der Waals surface area (Å²) in [6.45, 7) is 50.9. The lowest BCUT2D eigenvalue weighted by Gasteiger charge is -2.49. The highest BCUT2D eigenvalue weighted by Gasteiger charge is 2.34.